The lowest BCUT2D eigenvalue weighted by Crippen LogP contribution is -1.90. The number of aryl methyl sites for hydroxylation is 1. The van der Waals surface area contributed by atoms with Crippen LogP contribution in [0.1, 0.15) is 16.7 Å². The molecular formula is C17H16O. The number of hydrogen-bond donors (Lipinski definition) is 0. The van der Waals surface area contributed by atoms with Crippen LogP contribution < -0.4 is 0 Å². The third-order valence-electron chi connectivity index (χ3n) is 3.85. The van der Waals surface area contributed by atoms with Gasteiger partial charge >= 0.3 is 0 Å². The van der Waals surface area contributed by atoms with Crippen LogP contribution in [0, 0.1) is 20.8 Å². The minimum absolute atomic E-state index is 1.15. The molecule has 0 N–H and O–H groups in total. The van der Waals surface area contributed by atoms with Crippen LogP contribution in [0.5, 0.6) is 0 Å². The monoisotopic (exact) mass is 236 g/mol. The molecule has 0 unspecified atom stereocenters. The molecule has 2 aromatic carbocycles. The van der Waals surface area contributed by atoms with Crippen molar-refractivity contribution >= 4 is 10.8 Å². The molecule has 3 rings (SSSR count). The molecule has 0 bridgehead atoms. The van der Waals surface area contributed by atoms with Crippen molar-refractivity contribution in [3.8, 4) is 11.1 Å². The van der Waals surface area contributed by atoms with Crippen LogP contribution in [0.25, 0.3) is 21.9 Å². The van der Waals surface area contributed by atoms with Crippen LogP contribution in [0.3, 0.4) is 0 Å². The number of rotatable bonds is 1. The molecule has 0 amide bonds. The maximum Gasteiger partial charge on any atom is 0.0981 e. The highest BCUT2D eigenvalue weighted by atomic mass is 16.3. The van der Waals surface area contributed by atoms with Gasteiger partial charge in [0.25, 0.3) is 0 Å². The van der Waals surface area contributed by atoms with E-state index in [0.29, 0.717) is 0 Å². The summed E-state index contributed by atoms with van der Waals surface area (Å²) >= 11 is 0. The molecule has 0 saturated carbocycles. The molecule has 0 aliphatic heterocycles. The smallest absolute Gasteiger partial charge is 0.0981 e. The predicted molar refractivity (Wildman–Crippen MR) is 75.9 cm³/mol. The van der Waals surface area contributed by atoms with E-state index >= 15 is 0 Å². The summed E-state index contributed by atoms with van der Waals surface area (Å²) < 4.78 is 5.23. The lowest BCUT2D eigenvalue weighted by molar-refractivity contribution is 0.572. The summed E-state index contributed by atoms with van der Waals surface area (Å²) in [6.45, 7) is 6.53. The van der Waals surface area contributed by atoms with E-state index < -0.39 is 0 Å². The zero-order valence-corrected chi connectivity index (χ0v) is 10.9. The quantitative estimate of drug-likeness (QED) is 0.578. The highest BCUT2D eigenvalue weighted by molar-refractivity contribution is 5.87. The van der Waals surface area contributed by atoms with E-state index in [2.05, 4.69) is 51.1 Å². The van der Waals surface area contributed by atoms with E-state index in [1.54, 1.807) is 12.5 Å². The van der Waals surface area contributed by atoms with Gasteiger partial charge in [-0.1, -0.05) is 24.3 Å². The number of furan rings is 1. The molecule has 1 aromatic heterocycles. The highest BCUT2D eigenvalue weighted by Gasteiger charge is 2.07. The van der Waals surface area contributed by atoms with E-state index in [0.717, 1.165) is 10.8 Å². The molecular weight excluding hydrogens is 220 g/mol. The number of benzene rings is 2. The Morgan fingerprint density at radius 1 is 0.778 bits per heavy atom. The highest BCUT2D eigenvalue weighted by Crippen LogP contribution is 2.30. The van der Waals surface area contributed by atoms with Gasteiger partial charge in [-0.05, 0) is 54.7 Å². The van der Waals surface area contributed by atoms with E-state index in [1.165, 1.54) is 27.8 Å². The van der Waals surface area contributed by atoms with Crippen molar-refractivity contribution in [1.29, 1.82) is 0 Å². The summed E-state index contributed by atoms with van der Waals surface area (Å²) in [6, 6.07) is 10.9. The summed E-state index contributed by atoms with van der Waals surface area (Å²) in [7, 11) is 0. The van der Waals surface area contributed by atoms with Crippen molar-refractivity contribution in [2.24, 2.45) is 0 Å². The van der Waals surface area contributed by atoms with Gasteiger partial charge in [0.1, 0.15) is 0 Å². The van der Waals surface area contributed by atoms with Crippen LogP contribution >= 0.6 is 0 Å². The van der Waals surface area contributed by atoms with Crippen molar-refractivity contribution in [3.63, 3.8) is 0 Å². The topological polar surface area (TPSA) is 13.1 Å². The lowest BCUT2D eigenvalue weighted by Gasteiger charge is -2.11. The van der Waals surface area contributed by atoms with Gasteiger partial charge in [0.05, 0.1) is 12.5 Å². The standard InChI is InChI=1S/C17H16O/c1-11-4-7-17(13(3)12(11)2)14-5-6-15-9-18-10-16(15)8-14/h4-10H,1-3H3. The Morgan fingerprint density at radius 2 is 1.56 bits per heavy atom. The van der Waals surface area contributed by atoms with Gasteiger partial charge in [-0.3, -0.25) is 0 Å². The molecule has 0 fully saturated rings. The Kier molecular flexibility index (Phi) is 2.48. The van der Waals surface area contributed by atoms with E-state index in [-0.39, 0.29) is 0 Å². The minimum Gasteiger partial charge on any atom is -0.471 e. The molecule has 1 nitrogen and oxygen atoms in total. The summed E-state index contributed by atoms with van der Waals surface area (Å²) in [5.41, 5.74) is 6.64. The second-order valence-corrected chi connectivity index (χ2v) is 4.90. The van der Waals surface area contributed by atoms with Crippen molar-refractivity contribution in [2.45, 2.75) is 20.8 Å². The van der Waals surface area contributed by atoms with E-state index in [1.807, 2.05) is 0 Å². The predicted octanol–water partition coefficient (Wildman–Crippen LogP) is 5.03. The van der Waals surface area contributed by atoms with Gasteiger partial charge in [0.15, 0.2) is 0 Å². The lowest BCUT2D eigenvalue weighted by atomic mass is 9.93. The summed E-state index contributed by atoms with van der Waals surface area (Å²) in [5, 5.41) is 2.31. The summed E-state index contributed by atoms with van der Waals surface area (Å²) in [5.74, 6) is 0. The van der Waals surface area contributed by atoms with E-state index in [4.69, 9.17) is 4.42 Å². The largest absolute Gasteiger partial charge is 0.471 e. The van der Waals surface area contributed by atoms with Crippen LogP contribution in [0.15, 0.2) is 47.3 Å². The first kappa shape index (κ1) is 11.1. The Hall–Kier alpha value is -2.02. The fourth-order valence-corrected chi connectivity index (χ4v) is 2.40. The number of fused-ring (bicyclic) bond motifs is 1. The zero-order chi connectivity index (χ0) is 12.7. The fourth-order valence-electron chi connectivity index (χ4n) is 2.40. The number of hydrogen-bond acceptors (Lipinski definition) is 1. The first-order valence-corrected chi connectivity index (χ1v) is 6.20. The Labute approximate surface area is 107 Å². The molecule has 0 atom stereocenters. The molecule has 90 valence electrons. The summed E-state index contributed by atoms with van der Waals surface area (Å²) in [6.07, 6.45) is 3.58. The molecule has 0 radical (unpaired) electrons. The van der Waals surface area contributed by atoms with Crippen LogP contribution in [-0.2, 0) is 0 Å². The van der Waals surface area contributed by atoms with Gasteiger partial charge in [0.2, 0.25) is 0 Å². The fraction of sp³-hybridized carbons (Fsp3) is 0.176. The van der Waals surface area contributed by atoms with E-state index in [9.17, 15) is 0 Å². The van der Waals surface area contributed by atoms with Crippen molar-refractivity contribution in [1.82, 2.24) is 0 Å². The average molecular weight is 236 g/mol. The summed E-state index contributed by atoms with van der Waals surface area (Å²) in [4.78, 5) is 0. The third-order valence-corrected chi connectivity index (χ3v) is 3.85. The molecule has 0 aliphatic rings. The van der Waals surface area contributed by atoms with Gasteiger partial charge in [0, 0.05) is 10.8 Å². The molecule has 0 spiro atoms. The van der Waals surface area contributed by atoms with Crippen molar-refractivity contribution < 1.29 is 4.42 Å². The first-order chi connectivity index (χ1) is 8.66. The maximum atomic E-state index is 5.23. The molecule has 1 heteroatoms. The van der Waals surface area contributed by atoms with Crippen LogP contribution in [-0.4, -0.2) is 0 Å². The van der Waals surface area contributed by atoms with Crippen molar-refractivity contribution in [3.05, 3.63) is 59.5 Å². The zero-order valence-electron chi connectivity index (χ0n) is 10.9. The molecule has 1 heterocycles. The second-order valence-electron chi connectivity index (χ2n) is 4.90. The Bertz CT molecular complexity index is 720. The van der Waals surface area contributed by atoms with Gasteiger partial charge in [-0.2, -0.15) is 0 Å². The average Bonchev–Trinajstić information content (AvgIpc) is 2.83. The second kappa shape index (κ2) is 4.02. The van der Waals surface area contributed by atoms with Gasteiger partial charge in [-0.25, -0.2) is 0 Å². The molecule has 0 aliphatic carbocycles. The normalized spacial score (nSPS) is 11.1. The maximum absolute atomic E-state index is 5.23. The molecule has 3 aromatic rings. The molecule has 18 heavy (non-hydrogen) atoms. The van der Waals surface area contributed by atoms with Gasteiger partial charge in [-0.15, -0.1) is 0 Å². The SMILES string of the molecule is Cc1ccc(-c2ccc3cocc3c2)c(C)c1C. The minimum atomic E-state index is 1.15. The molecule has 0 saturated heterocycles. The van der Waals surface area contributed by atoms with Gasteiger partial charge < -0.3 is 4.42 Å². The van der Waals surface area contributed by atoms with Crippen LogP contribution in [0.4, 0.5) is 0 Å². The Balaban J connectivity index is 2.22. The van der Waals surface area contributed by atoms with Crippen molar-refractivity contribution in [2.75, 3.05) is 0 Å². The first-order valence-electron chi connectivity index (χ1n) is 6.20. The van der Waals surface area contributed by atoms with Crippen LogP contribution in [0.2, 0.25) is 0 Å². The third kappa shape index (κ3) is 1.63. The Morgan fingerprint density at radius 3 is 2.39 bits per heavy atom.